The topological polar surface area (TPSA) is 53.9 Å². The van der Waals surface area contributed by atoms with Crippen LogP contribution < -0.4 is 5.56 Å². The minimum Gasteiger partial charge on any atom is -0.349 e. The average molecular weight is 383 g/mol. The van der Waals surface area contributed by atoms with Gasteiger partial charge in [-0.15, -0.1) is 22.7 Å². The second kappa shape index (κ2) is 6.19. The zero-order valence-electron chi connectivity index (χ0n) is 14.3. The molecular formula is C19H18N4OS2. The van der Waals surface area contributed by atoms with Crippen molar-refractivity contribution in [2.24, 2.45) is 0 Å². The molecule has 0 saturated carbocycles. The van der Waals surface area contributed by atoms with Gasteiger partial charge in [0.15, 0.2) is 0 Å². The Kier molecular flexibility index (Phi) is 3.81. The number of thiophene rings is 2. The van der Waals surface area contributed by atoms with Gasteiger partial charge in [0, 0.05) is 46.8 Å². The number of aromatic amines is 1. The van der Waals surface area contributed by atoms with E-state index in [2.05, 4.69) is 39.7 Å². The van der Waals surface area contributed by atoms with E-state index in [0.717, 1.165) is 34.2 Å². The maximum Gasteiger partial charge on any atom is 0.260 e. The lowest BCUT2D eigenvalue weighted by Crippen LogP contribution is -2.36. The fraction of sp³-hybridized carbons (Fsp3) is 0.263. The van der Waals surface area contributed by atoms with Crippen molar-refractivity contribution in [1.29, 1.82) is 0 Å². The summed E-state index contributed by atoms with van der Waals surface area (Å²) in [7, 11) is 0. The van der Waals surface area contributed by atoms with Gasteiger partial charge in [0.1, 0.15) is 10.7 Å². The normalized spacial score (nSPS) is 17.7. The Balaban J connectivity index is 1.49. The Bertz CT molecular complexity index is 1120. The van der Waals surface area contributed by atoms with Crippen LogP contribution in [0.1, 0.15) is 24.5 Å². The van der Waals surface area contributed by atoms with Gasteiger partial charge < -0.3 is 9.55 Å². The predicted molar refractivity (Wildman–Crippen MR) is 107 cm³/mol. The van der Waals surface area contributed by atoms with Crippen LogP contribution in [0.15, 0.2) is 46.0 Å². The SMILES string of the molecule is C[C@@H]1c2cccn2CCN1Cc1nc2scc(-c3cccs3)c2c(=O)[nH]1. The van der Waals surface area contributed by atoms with Crippen LogP contribution >= 0.6 is 22.7 Å². The highest BCUT2D eigenvalue weighted by Crippen LogP contribution is 2.33. The summed E-state index contributed by atoms with van der Waals surface area (Å²) in [4.78, 5) is 24.8. The van der Waals surface area contributed by atoms with Crippen LogP contribution in [0.5, 0.6) is 0 Å². The van der Waals surface area contributed by atoms with Crippen LogP contribution in [0.3, 0.4) is 0 Å². The van der Waals surface area contributed by atoms with Crippen LogP contribution in [-0.4, -0.2) is 26.0 Å². The number of nitrogens with zero attached hydrogens (tertiary/aromatic N) is 3. The van der Waals surface area contributed by atoms with Crippen molar-refractivity contribution in [3.8, 4) is 10.4 Å². The van der Waals surface area contributed by atoms with Crippen molar-refractivity contribution >= 4 is 32.9 Å². The number of rotatable bonds is 3. The first kappa shape index (κ1) is 16.0. The molecule has 1 N–H and O–H groups in total. The molecule has 4 aromatic heterocycles. The van der Waals surface area contributed by atoms with Gasteiger partial charge in [0.05, 0.1) is 11.9 Å². The molecule has 5 nitrogen and oxygen atoms in total. The Hall–Kier alpha value is -2.22. The van der Waals surface area contributed by atoms with E-state index in [9.17, 15) is 4.79 Å². The fourth-order valence-electron chi connectivity index (χ4n) is 3.72. The van der Waals surface area contributed by atoms with Crippen molar-refractivity contribution in [3.63, 3.8) is 0 Å². The highest BCUT2D eigenvalue weighted by atomic mass is 32.1. The number of fused-ring (bicyclic) bond motifs is 2. The molecule has 0 radical (unpaired) electrons. The maximum absolute atomic E-state index is 12.8. The van der Waals surface area contributed by atoms with Gasteiger partial charge in [-0.1, -0.05) is 6.07 Å². The Labute approximate surface area is 158 Å². The van der Waals surface area contributed by atoms with E-state index in [4.69, 9.17) is 4.98 Å². The molecule has 7 heteroatoms. The van der Waals surface area contributed by atoms with Crippen molar-refractivity contribution in [2.75, 3.05) is 6.54 Å². The fourth-order valence-corrected chi connectivity index (χ4v) is 5.50. The quantitative estimate of drug-likeness (QED) is 0.581. The van der Waals surface area contributed by atoms with Gasteiger partial charge in [-0.25, -0.2) is 4.98 Å². The first-order valence-corrected chi connectivity index (χ1v) is 10.4. The molecule has 0 aliphatic carbocycles. The lowest BCUT2D eigenvalue weighted by atomic mass is 10.1. The number of nitrogens with one attached hydrogen (secondary N) is 1. The summed E-state index contributed by atoms with van der Waals surface area (Å²) < 4.78 is 2.30. The third-order valence-electron chi connectivity index (χ3n) is 5.10. The summed E-state index contributed by atoms with van der Waals surface area (Å²) in [5, 5.41) is 4.78. The van der Waals surface area contributed by atoms with Gasteiger partial charge in [0.25, 0.3) is 5.56 Å². The Morgan fingerprint density at radius 1 is 1.27 bits per heavy atom. The lowest BCUT2D eigenvalue weighted by Gasteiger charge is -2.34. The number of hydrogen-bond acceptors (Lipinski definition) is 5. The summed E-state index contributed by atoms with van der Waals surface area (Å²) in [5.41, 5.74) is 2.27. The van der Waals surface area contributed by atoms with Gasteiger partial charge >= 0.3 is 0 Å². The van der Waals surface area contributed by atoms with E-state index >= 15 is 0 Å². The van der Waals surface area contributed by atoms with E-state index in [0.29, 0.717) is 18.0 Å². The Morgan fingerprint density at radius 3 is 3.04 bits per heavy atom. The molecule has 0 aromatic carbocycles. The van der Waals surface area contributed by atoms with Crippen LogP contribution in [0.2, 0.25) is 0 Å². The third-order valence-corrected chi connectivity index (χ3v) is 6.88. The van der Waals surface area contributed by atoms with E-state index in [-0.39, 0.29) is 5.56 Å². The van der Waals surface area contributed by atoms with Crippen molar-refractivity contribution in [3.05, 3.63) is 63.1 Å². The number of hydrogen-bond donors (Lipinski definition) is 1. The lowest BCUT2D eigenvalue weighted by molar-refractivity contribution is 0.157. The minimum atomic E-state index is -0.0392. The van der Waals surface area contributed by atoms with Crippen LogP contribution in [0.4, 0.5) is 0 Å². The third kappa shape index (κ3) is 2.55. The van der Waals surface area contributed by atoms with E-state index < -0.39 is 0 Å². The van der Waals surface area contributed by atoms with Gasteiger partial charge in [-0.05, 0) is 30.5 Å². The van der Waals surface area contributed by atoms with Crippen molar-refractivity contribution in [1.82, 2.24) is 19.4 Å². The molecule has 26 heavy (non-hydrogen) atoms. The number of aromatic nitrogens is 3. The number of H-pyrrole nitrogens is 1. The summed E-state index contributed by atoms with van der Waals surface area (Å²) in [6.45, 7) is 4.79. The smallest absolute Gasteiger partial charge is 0.260 e. The second-order valence-corrected chi connectivity index (χ2v) is 8.40. The van der Waals surface area contributed by atoms with Crippen LogP contribution in [0, 0.1) is 0 Å². The molecule has 5 rings (SSSR count). The zero-order chi connectivity index (χ0) is 17.7. The molecule has 1 aliphatic rings. The molecule has 0 bridgehead atoms. The predicted octanol–water partition coefficient (Wildman–Crippen LogP) is 4.09. The largest absolute Gasteiger partial charge is 0.349 e. The minimum absolute atomic E-state index is 0.0392. The zero-order valence-corrected chi connectivity index (χ0v) is 15.9. The standard InChI is InChI=1S/C19H18N4OS2/c1-12-14-4-2-6-22(14)7-8-23(12)10-16-20-18(24)17-13(11-26-19(17)21-16)15-5-3-9-25-15/h2-6,9,11-12H,7-8,10H2,1H3,(H,20,21,24)/t12-/m1/s1. The van der Waals surface area contributed by atoms with E-state index in [1.807, 2.05) is 22.9 Å². The molecule has 0 spiro atoms. The first-order chi connectivity index (χ1) is 12.7. The first-order valence-electron chi connectivity index (χ1n) is 8.64. The monoisotopic (exact) mass is 382 g/mol. The molecule has 1 aliphatic heterocycles. The summed E-state index contributed by atoms with van der Waals surface area (Å²) in [6, 6.07) is 8.63. The Morgan fingerprint density at radius 2 is 2.19 bits per heavy atom. The molecule has 0 fully saturated rings. The maximum atomic E-state index is 12.8. The van der Waals surface area contributed by atoms with Crippen molar-refractivity contribution in [2.45, 2.75) is 26.1 Å². The summed E-state index contributed by atoms with van der Waals surface area (Å²) in [6.07, 6.45) is 2.13. The average Bonchev–Trinajstić information content (AvgIpc) is 3.36. The van der Waals surface area contributed by atoms with Crippen molar-refractivity contribution < 1.29 is 0 Å². The second-order valence-electron chi connectivity index (χ2n) is 6.59. The summed E-state index contributed by atoms with van der Waals surface area (Å²) >= 11 is 3.19. The van der Waals surface area contributed by atoms with E-state index in [1.54, 1.807) is 22.7 Å². The molecule has 1 atom stereocenters. The van der Waals surface area contributed by atoms with E-state index in [1.165, 1.54) is 5.69 Å². The van der Waals surface area contributed by atoms with Gasteiger partial charge in [0.2, 0.25) is 0 Å². The highest BCUT2D eigenvalue weighted by molar-refractivity contribution is 7.18. The molecule has 5 heterocycles. The van der Waals surface area contributed by atoms with Crippen LogP contribution in [-0.2, 0) is 13.1 Å². The summed E-state index contributed by atoms with van der Waals surface area (Å²) in [5.74, 6) is 0.744. The highest BCUT2D eigenvalue weighted by Gasteiger charge is 2.24. The molecule has 132 valence electrons. The molecule has 4 aromatic rings. The van der Waals surface area contributed by atoms with Gasteiger partial charge in [-0.3, -0.25) is 9.69 Å². The molecule has 0 unspecified atom stereocenters. The van der Waals surface area contributed by atoms with Crippen LogP contribution in [0.25, 0.3) is 20.7 Å². The molecule has 0 amide bonds. The molecular weight excluding hydrogens is 364 g/mol. The van der Waals surface area contributed by atoms with Gasteiger partial charge in [-0.2, -0.15) is 0 Å². The molecule has 0 saturated heterocycles.